The van der Waals surface area contributed by atoms with E-state index in [1.165, 1.54) is 62.8 Å². The van der Waals surface area contributed by atoms with Gasteiger partial charge in [0.15, 0.2) is 0 Å². The second kappa shape index (κ2) is 14.3. The van der Waals surface area contributed by atoms with Crippen LogP contribution in [0.3, 0.4) is 0 Å². The van der Waals surface area contributed by atoms with Crippen LogP contribution < -0.4 is 9.47 Å². The van der Waals surface area contributed by atoms with E-state index in [0.717, 1.165) is 0 Å². The van der Waals surface area contributed by atoms with E-state index in [-0.39, 0.29) is 78.6 Å². The van der Waals surface area contributed by atoms with Crippen LogP contribution in [0, 0.1) is 0 Å². The van der Waals surface area contributed by atoms with E-state index >= 15 is 0 Å². The number of benzene rings is 7. The SMILES string of the molecule is COc1ccccc1-c1cccc2c(-c3cc(C(F)(F)F)cc(C(F)(F)F)c3)c3c(-c4ccccc4OC)cccc3c(-c3cc(C(F)(F)F)cc(C(F)(F)F)c3)c12. The zero-order chi connectivity index (χ0) is 41.9. The van der Waals surface area contributed by atoms with Crippen LogP contribution in [0.4, 0.5) is 52.7 Å². The van der Waals surface area contributed by atoms with Gasteiger partial charge in [-0.1, -0.05) is 72.8 Å². The second-order valence-electron chi connectivity index (χ2n) is 13.2. The highest BCUT2D eigenvalue weighted by Gasteiger charge is 2.39. The summed E-state index contributed by atoms with van der Waals surface area (Å²) in [7, 11) is 2.63. The number of ether oxygens (including phenoxy) is 2. The summed E-state index contributed by atoms with van der Waals surface area (Å²) in [6, 6.07) is 23.1. The molecule has 0 aliphatic heterocycles. The van der Waals surface area contributed by atoms with E-state index in [9.17, 15) is 52.7 Å². The predicted molar refractivity (Wildman–Crippen MR) is 196 cm³/mol. The highest BCUT2D eigenvalue weighted by Crippen LogP contribution is 2.53. The summed E-state index contributed by atoms with van der Waals surface area (Å²) in [5.41, 5.74) is -7.36. The molecule has 298 valence electrons. The third-order valence-electron chi connectivity index (χ3n) is 9.71. The van der Waals surface area contributed by atoms with Gasteiger partial charge in [0.2, 0.25) is 0 Å². The van der Waals surface area contributed by atoms with Crippen molar-refractivity contribution >= 4 is 21.5 Å². The Morgan fingerprint density at radius 1 is 0.345 bits per heavy atom. The fourth-order valence-corrected chi connectivity index (χ4v) is 7.31. The molecule has 0 radical (unpaired) electrons. The van der Waals surface area contributed by atoms with Crippen LogP contribution in [0.25, 0.3) is 66.1 Å². The number of alkyl halides is 12. The Morgan fingerprint density at radius 2 is 0.638 bits per heavy atom. The molecule has 0 aliphatic carbocycles. The summed E-state index contributed by atoms with van der Waals surface area (Å²) in [6.07, 6.45) is -21.1. The minimum Gasteiger partial charge on any atom is -0.496 e. The molecule has 7 rings (SSSR count). The van der Waals surface area contributed by atoms with Crippen molar-refractivity contribution in [1.29, 1.82) is 0 Å². The van der Waals surface area contributed by atoms with Gasteiger partial charge in [0, 0.05) is 11.1 Å². The molecule has 7 aromatic carbocycles. The van der Waals surface area contributed by atoms with Crippen molar-refractivity contribution in [3.05, 3.63) is 144 Å². The van der Waals surface area contributed by atoms with Crippen LogP contribution in [-0.2, 0) is 24.7 Å². The van der Waals surface area contributed by atoms with Crippen molar-refractivity contribution in [2.75, 3.05) is 14.2 Å². The summed E-state index contributed by atoms with van der Waals surface area (Å²) >= 11 is 0. The molecule has 0 amide bonds. The molecule has 58 heavy (non-hydrogen) atoms. The van der Waals surface area contributed by atoms with Gasteiger partial charge < -0.3 is 9.47 Å². The smallest absolute Gasteiger partial charge is 0.416 e. The van der Waals surface area contributed by atoms with Crippen LogP contribution in [0.15, 0.2) is 121 Å². The summed E-state index contributed by atoms with van der Waals surface area (Å²) < 4.78 is 185. The molecule has 0 heterocycles. The van der Waals surface area contributed by atoms with E-state index in [4.69, 9.17) is 9.47 Å². The van der Waals surface area contributed by atoms with Crippen molar-refractivity contribution in [2.24, 2.45) is 0 Å². The standard InChI is InChI=1S/C44H26F12O2/c1-57-35-15-5-3-9-29(35)31-11-7-13-33-38(24-19-27(43(51,52)53)22-28(20-24)44(54,55)56)40-32(30-10-4-6-16-36(30)58-2)12-8-14-34(40)37(39(31)33)23-17-25(41(45,46)47)21-26(18-23)42(48,49)50/h3-22H,1-2H3. The molecule has 7 aromatic rings. The first-order valence-corrected chi connectivity index (χ1v) is 17.1. The number of halogens is 12. The Labute approximate surface area is 321 Å². The largest absolute Gasteiger partial charge is 0.496 e. The normalized spacial score (nSPS) is 12.7. The highest BCUT2D eigenvalue weighted by molar-refractivity contribution is 6.27. The number of fused-ring (bicyclic) bond motifs is 2. The molecular formula is C44H26F12O2. The lowest BCUT2D eigenvalue weighted by Crippen LogP contribution is -2.11. The van der Waals surface area contributed by atoms with Gasteiger partial charge in [0.1, 0.15) is 11.5 Å². The Kier molecular flexibility index (Phi) is 9.89. The molecule has 0 fully saturated rings. The Bertz CT molecular complexity index is 2450. The molecular weight excluding hydrogens is 788 g/mol. The maximum atomic E-state index is 14.5. The minimum absolute atomic E-state index is 0.0368. The molecule has 0 aromatic heterocycles. The van der Waals surface area contributed by atoms with E-state index in [1.54, 1.807) is 36.4 Å². The number of hydrogen-bond acceptors (Lipinski definition) is 2. The lowest BCUT2D eigenvalue weighted by atomic mass is 9.80. The van der Waals surface area contributed by atoms with Gasteiger partial charge in [-0.2, -0.15) is 52.7 Å². The Morgan fingerprint density at radius 3 is 0.931 bits per heavy atom. The highest BCUT2D eigenvalue weighted by atomic mass is 19.4. The Balaban J connectivity index is 1.83. The van der Waals surface area contributed by atoms with E-state index in [2.05, 4.69) is 0 Å². The molecule has 0 aliphatic rings. The summed E-state index contributed by atoms with van der Waals surface area (Å²) in [5, 5.41) is -0.339. The summed E-state index contributed by atoms with van der Waals surface area (Å²) in [5.74, 6) is 0.396. The fourth-order valence-electron chi connectivity index (χ4n) is 7.31. The van der Waals surface area contributed by atoms with E-state index in [0.29, 0.717) is 24.3 Å². The van der Waals surface area contributed by atoms with Crippen LogP contribution in [0.1, 0.15) is 22.3 Å². The first kappa shape index (κ1) is 40.0. The number of hydrogen-bond donors (Lipinski definition) is 0. The fraction of sp³-hybridized carbons (Fsp3) is 0.136. The summed E-state index contributed by atoms with van der Waals surface area (Å²) in [4.78, 5) is 0. The second-order valence-corrected chi connectivity index (χ2v) is 13.2. The van der Waals surface area contributed by atoms with Crippen LogP contribution in [0.2, 0.25) is 0 Å². The molecule has 14 heteroatoms. The van der Waals surface area contributed by atoms with Crippen LogP contribution >= 0.6 is 0 Å². The quantitative estimate of drug-likeness (QED) is 0.123. The zero-order valence-corrected chi connectivity index (χ0v) is 29.9. The monoisotopic (exact) mass is 814 g/mol. The van der Waals surface area contributed by atoms with E-state index in [1.807, 2.05) is 0 Å². The van der Waals surface area contributed by atoms with Crippen LogP contribution in [0.5, 0.6) is 11.5 Å². The molecule has 0 saturated heterocycles. The van der Waals surface area contributed by atoms with Gasteiger partial charge in [-0.05, 0) is 103 Å². The molecule has 0 spiro atoms. The lowest BCUT2D eigenvalue weighted by molar-refractivity contribution is -0.144. The van der Waals surface area contributed by atoms with Gasteiger partial charge in [-0.15, -0.1) is 0 Å². The average Bonchev–Trinajstić information content (AvgIpc) is 3.17. The van der Waals surface area contributed by atoms with Crippen molar-refractivity contribution < 1.29 is 62.2 Å². The van der Waals surface area contributed by atoms with Gasteiger partial charge in [0.25, 0.3) is 0 Å². The zero-order valence-electron chi connectivity index (χ0n) is 29.9. The van der Waals surface area contributed by atoms with Crippen molar-refractivity contribution in [2.45, 2.75) is 24.7 Å². The molecule has 0 saturated carbocycles. The summed E-state index contributed by atoms with van der Waals surface area (Å²) in [6.45, 7) is 0. The van der Waals surface area contributed by atoms with E-state index < -0.39 is 58.1 Å². The van der Waals surface area contributed by atoms with Gasteiger partial charge in [0.05, 0.1) is 36.5 Å². The molecule has 0 unspecified atom stereocenters. The lowest BCUT2D eigenvalue weighted by Gasteiger charge is -2.24. The first-order valence-electron chi connectivity index (χ1n) is 17.1. The van der Waals surface area contributed by atoms with Crippen molar-refractivity contribution in [3.8, 4) is 56.0 Å². The maximum Gasteiger partial charge on any atom is 0.416 e. The number of rotatable bonds is 6. The molecule has 2 nitrogen and oxygen atoms in total. The van der Waals surface area contributed by atoms with Gasteiger partial charge in [-0.3, -0.25) is 0 Å². The number of methoxy groups -OCH3 is 2. The first-order chi connectivity index (χ1) is 27.2. The minimum atomic E-state index is -5.28. The molecule has 0 bridgehead atoms. The third-order valence-corrected chi connectivity index (χ3v) is 9.71. The van der Waals surface area contributed by atoms with Gasteiger partial charge >= 0.3 is 24.7 Å². The molecule has 0 N–H and O–H groups in total. The maximum absolute atomic E-state index is 14.5. The predicted octanol–water partition coefficient (Wildman–Crippen LogP) is 14.8. The van der Waals surface area contributed by atoms with Crippen molar-refractivity contribution in [3.63, 3.8) is 0 Å². The third kappa shape index (κ3) is 7.27. The topological polar surface area (TPSA) is 18.5 Å². The average molecular weight is 815 g/mol. The van der Waals surface area contributed by atoms with Crippen molar-refractivity contribution in [1.82, 2.24) is 0 Å². The van der Waals surface area contributed by atoms with Gasteiger partial charge in [-0.25, -0.2) is 0 Å². The van der Waals surface area contributed by atoms with Crippen LogP contribution in [-0.4, -0.2) is 14.2 Å². The number of para-hydroxylation sites is 2. The molecule has 0 atom stereocenters. The Hall–Kier alpha value is -6.18.